The fourth-order valence-corrected chi connectivity index (χ4v) is 2.63. The zero-order chi connectivity index (χ0) is 14.7. The highest BCUT2D eigenvalue weighted by atomic mass is 14.9. The van der Waals surface area contributed by atoms with Gasteiger partial charge in [0.15, 0.2) is 0 Å². The molecule has 0 saturated heterocycles. The van der Waals surface area contributed by atoms with Crippen molar-refractivity contribution in [2.24, 2.45) is 0 Å². The number of rotatable bonds is 4. The second kappa shape index (κ2) is 6.02. The number of hydrogen-bond acceptors (Lipinski definition) is 3. The van der Waals surface area contributed by atoms with Gasteiger partial charge in [0, 0.05) is 29.7 Å². The molecule has 0 spiro atoms. The summed E-state index contributed by atoms with van der Waals surface area (Å²) < 4.78 is 0. The highest BCUT2D eigenvalue weighted by Gasteiger charge is 2.16. The quantitative estimate of drug-likeness (QED) is 0.791. The lowest BCUT2D eigenvalue weighted by molar-refractivity contribution is 0.630. The molecule has 0 amide bonds. The van der Waals surface area contributed by atoms with Gasteiger partial charge in [0.05, 0.1) is 6.04 Å². The SMILES string of the molecule is CCNC(c1ccc(C)nc1)c1cncc2ccccc12. The predicted molar refractivity (Wildman–Crippen MR) is 86.2 cm³/mol. The first kappa shape index (κ1) is 13.7. The molecule has 106 valence electrons. The molecule has 0 radical (unpaired) electrons. The molecule has 1 N–H and O–H groups in total. The molecular formula is C18H19N3. The van der Waals surface area contributed by atoms with Crippen molar-refractivity contribution in [2.75, 3.05) is 6.54 Å². The van der Waals surface area contributed by atoms with Gasteiger partial charge in [-0.1, -0.05) is 37.3 Å². The van der Waals surface area contributed by atoms with E-state index >= 15 is 0 Å². The molecule has 1 atom stereocenters. The van der Waals surface area contributed by atoms with E-state index in [0.717, 1.165) is 17.6 Å². The van der Waals surface area contributed by atoms with E-state index in [4.69, 9.17) is 0 Å². The first-order valence-corrected chi connectivity index (χ1v) is 7.28. The maximum Gasteiger partial charge on any atom is 0.0613 e. The Bertz CT molecular complexity index is 730. The molecule has 1 unspecified atom stereocenters. The molecule has 3 rings (SSSR count). The average Bonchev–Trinajstić information content (AvgIpc) is 2.53. The summed E-state index contributed by atoms with van der Waals surface area (Å²) in [5.74, 6) is 0. The van der Waals surface area contributed by atoms with Gasteiger partial charge in [0.2, 0.25) is 0 Å². The lowest BCUT2D eigenvalue weighted by atomic mass is 9.96. The number of nitrogens with one attached hydrogen (secondary N) is 1. The molecule has 3 heteroatoms. The molecule has 0 aliphatic carbocycles. The molecule has 0 bridgehead atoms. The van der Waals surface area contributed by atoms with Crippen molar-refractivity contribution < 1.29 is 0 Å². The lowest BCUT2D eigenvalue weighted by Crippen LogP contribution is -2.22. The molecule has 0 saturated carbocycles. The van der Waals surface area contributed by atoms with Crippen molar-refractivity contribution in [1.29, 1.82) is 0 Å². The number of aromatic nitrogens is 2. The number of pyridine rings is 2. The van der Waals surface area contributed by atoms with E-state index < -0.39 is 0 Å². The van der Waals surface area contributed by atoms with Crippen LogP contribution >= 0.6 is 0 Å². The highest BCUT2D eigenvalue weighted by Crippen LogP contribution is 2.27. The maximum absolute atomic E-state index is 4.43. The second-order valence-electron chi connectivity index (χ2n) is 5.17. The molecule has 3 aromatic rings. The highest BCUT2D eigenvalue weighted by molar-refractivity contribution is 5.85. The van der Waals surface area contributed by atoms with Gasteiger partial charge in [-0.25, -0.2) is 0 Å². The summed E-state index contributed by atoms with van der Waals surface area (Å²) in [5, 5.41) is 5.95. The minimum absolute atomic E-state index is 0.113. The Morgan fingerprint density at radius 2 is 1.90 bits per heavy atom. The van der Waals surface area contributed by atoms with Gasteiger partial charge in [0.1, 0.15) is 0 Å². The standard InChI is InChI=1S/C18H19N3/c1-3-20-18(15-9-8-13(2)21-11-15)17-12-19-10-14-6-4-5-7-16(14)17/h4-12,18,20H,3H2,1-2H3. The zero-order valence-electron chi connectivity index (χ0n) is 12.4. The van der Waals surface area contributed by atoms with Crippen LogP contribution < -0.4 is 5.32 Å². The summed E-state index contributed by atoms with van der Waals surface area (Å²) in [6, 6.07) is 12.7. The molecular weight excluding hydrogens is 258 g/mol. The van der Waals surface area contributed by atoms with Crippen molar-refractivity contribution in [3.63, 3.8) is 0 Å². The van der Waals surface area contributed by atoms with E-state index in [9.17, 15) is 0 Å². The van der Waals surface area contributed by atoms with Gasteiger partial charge in [-0.3, -0.25) is 9.97 Å². The fraction of sp³-hybridized carbons (Fsp3) is 0.222. The smallest absolute Gasteiger partial charge is 0.0613 e. The molecule has 0 aliphatic heterocycles. The lowest BCUT2D eigenvalue weighted by Gasteiger charge is -2.20. The normalized spacial score (nSPS) is 12.5. The number of aryl methyl sites for hydroxylation is 1. The summed E-state index contributed by atoms with van der Waals surface area (Å²) in [7, 11) is 0. The van der Waals surface area contributed by atoms with Crippen LogP contribution in [0.25, 0.3) is 10.8 Å². The minimum atomic E-state index is 0.113. The van der Waals surface area contributed by atoms with Crippen LogP contribution in [0.3, 0.4) is 0 Å². The Morgan fingerprint density at radius 1 is 1.05 bits per heavy atom. The van der Waals surface area contributed by atoms with Crippen LogP contribution in [0.5, 0.6) is 0 Å². The van der Waals surface area contributed by atoms with Crippen molar-refractivity contribution in [3.8, 4) is 0 Å². The minimum Gasteiger partial charge on any atom is -0.306 e. The van der Waals surface area contributed by atoms with Crippen LogP contribution in [-0.4, -0.2) is 16.5 Å². The van der Waals surface area contributed by atoms with Crippen LogP contribution in [0.15, 0.2) is 55.0 Å². The summed E-state index contributed by atoms with van der Waals surface area (Å²) in [6.07, 6.45) is 5.81. The van der Waals surface area contributed by atoms with Crippen LogP contribution in [0.1, 0.15) is 29.8 Å². The molecule has 3 nitrogen and oxygen atoms in total. The van der Waals surface area contributed by atoms with Crippen LogP contribution in [0.2, 0.25) is 0 Å². The summed E-state index contributed by atoms with van der Waals surface area (Å²) in [5.41, 5.74) is 3.39. The van der Waals surface area contributed by atoms with Gasteiger partial charge >= 0.3 is 0 Å². The zero-order valence-corrected chi connectivity index (χ0v) is 12.4. The second-order valence-corrected chi connectivity index (χ2v) is 5.17. The van der Waals surface area contributed by atoms with Crippen molar-refractivity contribution >= 4 is 10.8 Å². The van der Waals surface area contributed by atoms with Crippen LogP contribution in [0.4, 0.5) is 0 Å². The molecule has 21 heavy (non-hydrogen) atoms. The third kappa shape index (κ3) is 2.78. The van der Waals surface area contributed by atoms with E-state index in [1.165, 1.54) is 16.5 Å². The Balaban J connectivity index is 2.13. The van der Waals surface area contributed by atoms with Crippen molar-refractivity contribution in [1.82, 2.24) is 15.3 Å². The van der Waals surface area contributed by atoms with E-state index in [0.29, 0.717) is 0 Å². The number of hydrogen-bond donors (Lipinski definition) is 1. The van der Waals surface area contributed by atoms with Crippen LogP contribution in [0, 0.1) is 6.92 Å². The first-order chi connectivity index (χ1) is 10.3. The Hall–Kier alpha value is -2.26. The van der Waals surface area contributed by atoms with Gasteiger partial charge in [-0.15, -0.1) is 0 Å². The summed E-state index contributed by atoms with van der Waals surface area (Å²) in [4.78, 5) is 8.83. The van der Waals surface area contributed by atoms with Crippen molar-refractivity contribution in [3.05, 3.63) is 71.8 Å². The number of fused-ring (bicyclic) bond motifs is 1. The van der Waals surface area contributed by atoms with Gasteiger partial charge < -0.3 is 5.32 Å². The third-order valence-electron chi connectivity index (χ3n) is 3.69. The fourth-order valence-electron chi connectivity index (χ4n) is 2.63. The van der Waals surface area contributed by atoms with E-state index in [-0.39, 0.29) is 6.04 Å². The number of benzene rings is 1. The van der Waals surface area contributed by atoms with E-state index in [1.54, 1.807) is 0 Å². The average molecular weight is 277 g/mol. The Labute approximate surface area is 125 Å². The predicted octanol–water partition coefficient (Wildman–Crippen LogP) is 3.64. The Kier molecular flexibility index (Phi) is 3.93. The molecule has 0 fully saturated rings. The molecule has 2 aromatic heterocycles. The third-order valence-corrected chi connectivity index (χ3v) is 3.69. The number of nitrogens with zero attached hydrogens (tertiary/aromatic N) is 2. The first-order valence-electron chi connectivity index (χ1n) is 7.28. The summed E-state index contributed by atoms with van der Waals surface area (Å²) in [6.45, 7) is 5.01. The molecule has 0 aliphatic rings. The topological polar surface area (TPSA) is 37.8 Å². The Morgan fingerprint density at radius 3 is 2.67 bits per heavy atom. The van der Waals surface area contributed by atoms with Crippen molar-refractivity contribution in [2.45, 2.75) is 19.9 Å². The van der Waals surface area contributed by atoms with Crippen LogP contribution in [-0.2, 0) is 0 Å². The largest absolute Gasteiger partial charge is 0.306 e. The molecule has 1 aromatic carbocycles. The van der Waals surface area contributed by atoms with Gasteiger partial charge in [-0.05, 0) is 36.0 Å². The van der Waals surface area contributed by atoms with E-state index in [1.807, 2.05) is 31.6 Å². The maximum atomic E-state index is 4.43. The monoisotopic (exact) mass is 277 g/mol. The summed E-state index contributed by atoms with van der Waals surface area (Å²) >= 11 is 0. The van der Waals surface area contributed by atoms with Gasteiger partial charge in [-0.2, -0.15) is 0 Å². The van der Waals surface area contributed by atoms with E-state index in [2.05, 4.69) is 52.5 Å². The van der Waals surface area contributed by atoms with Gasteiger partial charge in [0.25, 0.3) is 0 Å². The molecule has 2 heterocycles.